The smallest absolute Gasteiger partial charge is 0.409 e. The summed E-state index contributed by atoms with van der Waals surface area (Å²) in [6.45, 7) is 0. The second-order valence-corrected chi connectivity index (χ2v) is 3.61. The minimum atomic E-state index is -1.37. The van der Waals surface area contributed by atoms with E-state index in [9.17, 15) is 13.6 Å². The Morgan fingerprint density at radius 3 is 2.11 bits per heavy atom. The quantitative estimate of drug-likeness (QED) is 0.852. The Morgan fingerprint density at radius 2 is 1.61 bits per heavy atom. The van der Waals surface area contributed by atoms with Gasteiger partial charge in [-0.1, -0.05) is 30.3 Å². The molecule has 0 saturated carbocycles. The normalized spacial score (nSPS) is 10.1. The third kappa shape index (κ3) is 2.45. The summed E-state index contributed by atoms with van der Waals surface area (Å²) in [6, 6.07) is 10.1. The molecule has 92 valence electrons. The molecule has 0 aliphatic heterocycles. The lowest BCUT2D eigenvalue weighted by atomic mass is 10.0. The Labute approximate surface area is 102 Å². The molecule has 3 nitrogen and oxygen atoms in total. The topological polar surface area (TPSA) is 49.3 Å². The van der Waals surface area contributed by atoms with E-state index in [0.29, 0.717) is 5.56 Å². The van der Waals surface area contributed by atoms with Gasteiger partial charge in [0, 0.05) is 5.69 Å². The van der Waals surface area contributed by atoms with E-state index in [-0.39, 0.29) is 11.3 Å². The van der Waals surface area contributed by atoms with Crippen molar-refractivity contribution in [2.75, 3.05) is 5.32 Å². The summed E-state index contributed by atoms with van der Waals surface area (Å²) >= 11 is 0. The minimum Gasteiger partial charge on any atom is -0.465 e. The maximum absolute atomic E-state index is 13.8. The highest BCUT2D eigenvalue weighted by Gasteiger charge is 2.13. The van der Waals surface area contributed by atoms with Gasteiger partial charge in [-0.3, -0.25) is 5.32 Å². The number of hydrogen-bond donors (Lipinski definition) is 2. The molecule has 0 spiro atoms. The van der Waals surface area contributed by atoms with Crippen LogP contribution in [-0.4, -0.2) is 11.2 Å². The largest absolute Gasteiger partial charge is 0.465 e. The Morgan fingerprint density at radius 1 is 1.06 bits per heavy atom. The molecular weight excluding hydrogens is 240 g/mol. The fourth-order valence-corrected chi connectivity index (χ4v) is 1.65. The Balaban J connectivity index is 2.48. The number of benzene rings is 2. The minimum absolute atomic E-state index is 0.141. The first-order chi connectivity index (χ1) is 8.58. The van der Waals surface area contributed by atoms with E-state index in [2.05, 4.69) is 0 Å². The third-order valence-electron chi connectivity index (χ3n) is 2.36. The van der Waals surface area contributed by atoms with Crippen LogP contribution in [0.15, 0.2) is 42.5 Å². The van der Waals surface area contributed by atoms with Gasteiger partial charge in [0.2, 0.25) is 0 Å². The number of carbonyl (C=O) groups is 1. The second kappa shape index (κ2) is 4.83. The molecule has 18 heavy (non-hydrogen) atoms. The first kappa shape index (κ1) is 12.0. The van der Waals surface area contributed by atoms with Gasteiger partial charge in [0.1, 0.15) is 11.6 Å². The second-order valence-electron chi connectivity index (χ2n) is 3.61. The van der Waals surface area contributed by atoms with Gasteiger partial charge >= 0.3 is 6.09 Å². The zero-order valence-corrected chi connectivity index (χ0v) is 9.15. The number of anilines is 1. The summed E-state index contributed by atoms with van der Waals surface area (Å²) in [7, 11) is 0. The van der Waals surface area contributed by atoms with Crippen LogP contribution in [0.25, 0.3) is 11.1 Å². The number of rotatable bonds is 2. The van der Waals surface area contributed by atoms with Gasteiger partial charge < -0.3 is 5.11 Å². The molecule has 0 aromatic heterocycles. The monoisotopic (exact) mass is 249 g/mol. The molecule has 0 bridgehead atoms. The summed E-state index contributed by atoms with van der Waals surface area (Å²) in [5, 5.41) is 10.4. The lowest BCUT2D eigenvalue weighted by Crippen LogP contribution is -2.08. The Kier molecular flexibility index (Phi) is 3.23. The van der Waals surface area contributed by atoms with Crippen molar-refractivity contribution in [3.8, 4) is 11.1 Å². The van der Waals surface area contributed by atoms with E-state index in [1.165, 1.54) is 0 Å². The molecule has 0 unspecified atom stereocenters. The molecule has 0 fully saturated rings. The zero-order chi connectivity index (χ0) is 13.1. The molecule has 2 N–H and O–H groups in total. The molecule has 0 saturated heterocycles. The Hall–Kier alpha value is -2.43. The van der Waals surface area contributed by atoms with Crippen molar-refractivity contribution in [1.29, 1.82) is 0 Å². The maximum Gasteiger partial charge on any atom is 0.409 e. The van der Waals surface area contributed by atoms with Crippen LogP contribution in [0.1, 0.15) is 0 Å². The van der Waals surface area contributed by atoms with Crippen LogP contribution >= 0.6 is 0 Å². The maximum atomic E-state index is 13.8. The number of carboxylic acid groups (broad SMARTS) is 1. The van der Waals surface area contributed by atoms with Crippen LogP contribution in [0.3, 0.4) is 0 Å². The van der Waals surface area contributed by atoms with Gasteiger partial charge in [-0.05, 0) is 17.7 Å². The summed E-state index contributed by atoms with van der Waals surface area (Å²) in [4.78, 5) is 10.4. The van der Waals surface area contributed by atoms with Gasteiger partial charge in [-0.15, -0.1) is 0 Å². The van der Waals surface area contributed by atoms with Crippen LogP contribution in [0.5, 0.6) is 0 Å². The lowest BCUT2D eigenvalue weighted by Gasteiger charge is -2.08. The van der Waals surface area contributed by atoms with Crippen LogP contribution in [0.2, 0.25) is 0 Å². The number of nitrogens with one attached hydrogen (secondary N) is 1. The molecule has 0 heterocycles. The fourth-order valence-electron chi connectivity index (χ4n) is 1.65. The summed E-state index contributed by atoms with van der Waals surface area (Å²) in [6.07, 6.45) is -1.37. The van der Waals surface area contributed by atoms with Gasteiger partial charge in [0.25, 0.3) is 0 Å². The van der Waals surface area contributed by atoms with Crippen LogP contribution in [0, 0.1) is 11.6 Å². The molecule has 0 aliphatic carbocycles. The summed E-state index contributed by atoms with van der Waals surface area (Å²) in [5.74, 6) is -1.63. The first-order valence-corrected chi connectivity index (χ1v) is 5.12. The van der Waals surface area contributed by atoms with Crippen molar-refractivity contribution in [3.05, 3.63) is 54.1 Å². The zero-order valence-electron chi connectivity index (χ0n) is 9.15. The van der Waals surface area contributed by atoms with Crippen molar-refractivity contribution >= 4 is 11.8 Å². The van der Waals surface area contributed by atoms with Crippen LogP contribution < -0.4 is 5.32 Å². The predicted octanol–water partition coefficient (Wildman–Crippen LogP) is 3.72. The summed E-state index contributed by atoms with van der Waals surface area (Å²) in [5.41, 5.74) is 0.0816. The highest BCUT2D eigenvalue weighted by molar-refractivity contribution is 5.83. The first-order valence-electron chi connectivity index (χ1n) is 5.12. The highest BCUT2D eigenvalue weighted by Crippen LogP contribution is 2.28. The molecule has 0 aliphatic rings. The molecule has 0 radical (unpaired) electrons. The van der Waals surface area contributed by atoms with E-state index in [4.69, 9.17) is 5.11 Å². The average molecular weight is 249 g/mol. The number of hydrogen-bond acceptors (Lipinski definition) is 1. The standard InChI is InChI=1S/C13H9F2NO2/c14-10-6-9(16-13(17)18)7-11(15)12(10)8-4-2-1-3-5-8/h1-7,16H,(H,17,18). The van der Waals surface area contributed by atoms with E-state index in [1.807, 2.05) is 5.32 Å². The van der Waals surface area contributed by atoms with Crippen molar-refractivity contribution in [2.24, 2.45) is 0 Å². The average Bonchev–Trinajstić information content (AvgIpc) is 2.28. The Bertz CT molecular complexity index is 562. The van der Waals surface area contributed by atoms with Gasteiger partial charge in [-0.2, -0.15) is 0 Å². The molecule has 1 amide bonds. The van der Waals surface area contributed by atoms with E-state index in [0.717, 1.165) is 12.1 Å². The van der Waals surface area contributed by atoms with Gasteiger partial charge in [0.15, 0.2) is 0 Å². The van der Waals surface area contributed by atoms with Crippen molar-refractivity contribution < 1.29 is 18.7 Å². The van der Waals surface area contributed by atoms with Crippen LogP contribution in [0.4, 0.5) is 19.3 Å². The van der Waals surface area contributed by atoms with Crippen molar-refractivity contribution in [2.45, 2.75) is 0 Å². The molecule has 2 rings (SSSR count). The molecule has 2 aromatic rings. The third-order valence-corrected chi connectivity index (χ3v) is 2.36. The van der Waals surface area contributed by atoms with Crippen molar-refractivity contribution in [3.63, 3.8) is 0 Å². The van der Waals surface area contributed by atoms with Gasteiger partial charge in [-0.25, -0.2) is 13.6 Å². The fraction of sp³-hybridized carbons (Fsp3) is 0. The number of amides is 1. The predicted molar refractivity (Wildman–Crippen MR) is 63.4 cm³/mol. The molecule has 5 heteroatoms. The summed E-state index contributed by atoms with van der Waals surface area (Å²) < 4.78 is 27.5. The molecular formula is C13H9F2NO2. The van der Waals surface area contributed by atoms with E-state index >= 15 is 0 Å². The van der Waals surface area contributed by atoms with E-state index in [1.54, 1.807) is 30.3 Å². The van der Waals surface area contributed by atoms with Gasteiger partial charge in [0.05, 0.1) is 5.56 Å². The van der Waals surface area contributed by atoms with E-state index < -0.39 is 17.7 Å². The van der Waals surface area contributed by atoms with Crippen molar-refractivity contribution in [1.82, 2.24) is 0 Å². The molecule has 2 aromatic carbocycles. The lowest BCUT2D eigenvalue weighted by molar-refractivity contribution is 0.209. The number of halogens is 2. The van der Waals surface area contributed by atoms with Crippen LogP contribution in [-0.2, 0) is 0 Å². The molecule has 0 atom stereocenters. The highest BCUT2D eigenvalue weighted by atomic mass is 19.1. The SMILES string of the molecule is O=C(O)Nc1cc(F)c(-c2ccccc2)c(F)c1.